The number of nitrogens with zero attached hydrogens (tertiary/aromatic N) is 1. The van der Waals surface area contributed by atoms with Gasteiger partial charge in [-0.2, -0.15) is 0 Å². The van der Waals surface area contributed by atoms with Gasteiger partial charge in [0.25, 0.3) is 0 Å². The third-order valence-corrected chi connectivity index (χ3v) is 3.35. The molecule has 0 unspecified atom stereocenters. The molecule has 112 valence electrons. The first-order valence-corrected chi connectivity index (χ1v) is 6.96. The minimum Gasteiger partial charge on any atom is -0.361 e. The minimum atomic E-state index is 0.117. The SMILES string of the molecule is CN(C)C(=N)NC(=N)NCCc1c[nH]c2ccc(Cl)cc12. The molecule has 1 aromatic carbocycles. The van der Waals surface area contributed by atoms with E-state index in [1.165, 1.54) is 0 Å². The molecule has 1 aromatic heterocycles. The molecule has 0 radical (unpaired) electrons. The van der Waals surface area contributed by atoms with Crippen molar-refractivity contribution in [2.75, 3.05) is 20.6 Å². The van der Waals surface area contributed by atoms with Gasteiger partial charge in [0.05, 0.1) is 0 Å². The Kier molecular flexibility index (Phi) is 4.70. The molecule has 0 spiro atoms. The van der Waals surface area contributed by atoms with Crippen molar-refractivity contribution >= 4 is 34.4 Å². The summed E-state index contributed by atoms with van der Waals surface area (Å²) in [6, 6.07) is 5.75. The van der Waals surface area contributed by atoms with E-state index in [2.05, 4.69) is 15.6 Å². The van der Waals surface area contributed by atoms with Crippen LogP contribution in [0.3, 0.4) is 0 Å². The molecule has 2 aromatic rings. The topological polar surface area (TPSA) is 90.8 Å². The van der Waals surface area contributed by atoms with Gasteiger partial charge in [-0.15, -0.1) is 0 Å². The van der Waals surface area contributed by atoms with Crippen LogP contribution in [0.25, 0.3) is 10.9 Å². The van der Waals surface area contributed by atoms with Gasteiger partial charge in [0.2, 0.25) is 0 Å². The number of benzene rings is 1. The molecule has 21 heavy (non-hydrogen) atoms. The standard InChI is InChI=1S/C14H19ClN6/c1-21(2)14(17)20-13(16)18-6-5-9-8-19-12-4-3-10(15)7-11(9)12/h3-4,7-8,19H,5-6H2,1-2H3,(H4,16,17,18,20). The van der Waals surface area contributed by atoms with Crippen molar-refractivity contribution in [2.45, 2.75) is 6.42 Å². The van der Waals surface area contributed by atoms with Gasteiger partial charge in [-0.1, -0.05) is 11.6 Å². The average Bonchev–Trinajstić information content (AvgIpc) is 2.81. The average molecular weight is 307 g/mol. The van der Waals surface area contributed by atoms with Crippen LogP contribution in [0, 0.1) is 10.8 Å². The zero-order chi connectivity index (χ0) is 15.4. The number of aromatic amines is 1. The fraction of sp³-hybridized carbons (Fsp3) is 0.286. The van der Waals surface area contributed by atoms with Gasteiger partial charge in [0.15, 0.2) is 11.9 Å². The molecule has 1 heterocycles. The Labute approximate surface area is 128 Å². The van der Waals surface area contributed by atoms with Crippen molar-refractivity contribution in [2.24, 2.45) is 0 Å². The molecular formula is C14H19ClN6. The first-order chi connectivity index (χ1) is 9.97. The van der Waals surface area contributed by atoms with E-state index < -0.39 is 0 Å². The predicted molar refractivity (Wildman–Crippen MR) is 87.3 cm³/mol. The summed E-state index contributed by atoms with van der Waals surface area (Å²) in [6.07, 6.45) is 2.72. The summed E-state index contributed by atoms with van der Waals surface area (Å²) >= 11 is 6.02. The molecule has 0 amide bonds. The quantitative estimate of drug-likeness (QED) is 0.443. The molecular weight excluding hydrogens is 288 g/mol. The number of rotatable bonds is 3. The Hall–Kier alpha value is -2.21. The van der Waals surface area contributed by atoms with E-state index in [1.807, 2.05) is 24.4 Å². The van der Waals surface area contributed by atoms with Crippen LogP contribution in [-0.4, -0.2) is 42.4 Å². The molecule has 0 saturated heterocycles. The molecule has 0 bridgehead atoms. The number of hydrogen-bond donors (Lipinski definition) is 5. The Morgan fingerprint density at radius 3 is 2.81 bits per heavy atom. The predicted octanol–water partition coefficient (Wildman–Crippen LogP) is 1.97. The van der Waals surface area contributed by atoms with Crippen molar-refractivity contribution in [3.63, 3.8) is 0 Å². The highest BCUT2D eigenvalue weighted by Crippen LogP contribution is 2.22. The zero-order valence-corrected chi connectivity index (χ0v) is 12.8. The van der Waals surface area contributed by atoms with E-state index in [-0.39, 0.29) is 11.9 Å². The second-order valence-corrected chi connectivity index (χ2v) is 5.36. The lowest BCUT2D eigenvalue weighted by molar-refractivity contribution is 0.597. The molecule has 0 saturated carbocycles. The largest absolute Gasteiger partial charge is 0.361 e. The number of guanidine groups is 2. The normalized spacial score (nSPS) is 10.4. The van der Waals surface area contributed by atoms with Gasteiger partial charge in [-0.3, -0.25) is 16.1 Å². The van der Waals surface area contributed by atoms with Crippen LogP contribution in [0.4, 0.5) is 0 Å². The number of H-pyrrole nitrogens is 1. The van der Waals surface area contributed by atoms with E-state index in [0.717, 1.165) is 22.9 Å². The van der Waals surface area contributed by atoms with Crippen molar-refractivity contribution in [3.05, 3.63) is 35.0 Å². The van der Waals surface area contributed by atoms with Gasteiger partial charge in [-0.05, 0) is 30.2 Å². The molecule has 0 aliphatic rings. The molecule has 0 aliphatic carbocycles. The summed E-state index contributed by atoms with van der Waals surface area (Å²) in [7, 11) is 3.50. The van der Waals surface area contributed by atoms with Crippen LogP contribution in [-0.2, 0) is 6.42 Å². The van der Waals surface area contributed by atoms with Gasteiger partial charge >= 0.3 is 0 Å². The molecule has 0 atom stereocenters. The third-order valence-electron chi connectivity index (χ3n) is 3.12. The fourth-order valence-corrected chi connectivity index (χ4v) is 2.13. The Morgan fingerprint density at radius 1 is 1.33 bits per heavy atom. The second kappa shape index (κ2) is 6.49. The van der Waals surface area contributed by atoms with Gasteiger partial charge in [0.1, 0.15) is 0 Å². The molecule has 0 fully saturated rings. The smallest absolute Gasteiger partial charge is 0.197 e. The highest BCUT2D eigenvalue weighted by molar-refractivity contribution is 6.31. The number of hydrogen-bond acceptors (Lipinski definition) is 2. The highest BCUT2D eigenvalue weighted by atomic mass is 35.5. The van der Waals surface area contributed by atoms with Crippen LogP contribution in [0.1, 0.15) is 5.56 Å². The van der Waals surface area contributed by atoms with E-state index in [9.17, 15) is 0 Å². The maximum atomic E-state index is 7.72. The van der Waals surface area contributed by atoms with Crippen LogP contribution < -0.4 is 10.6 Å². The number of halogens is 1. The van der Waals surface area contributed by atoms with E-state index in [0.29, 0.717) is 11.6 Å². The summed E-state index contributed by atoms with van der Waals surface area (Å²) in [5.41, 5.74) is 2.20. The van der Waals surface area contributed by atoms with Crippen molar-refractivity contribution < 1.29 is 0 Å². The Balaban J connectivity index is 1.89. The maximum Gasteiger partial charge on any atom is 0.197 e. The lowest BCUT2D eigenvalue weighted by Crippen LogP contribution is -2.45. The molecule has 2 rings (SSSR count). The minimum absolute atomic E-state index is 0.117. The third kappa shape index (κ3) is 3.88. The monoisotopic (exact) mass is 306 g/mol. The molecule has 0 aliphatic heterocycles. The summed E-state index contributed by atoms with van der Waals surface area (Å²) in [4.78, 5) is 4.80. The molecule has 7 heteroatoms. The lowest BCUT2D eigenvalue weighted by Gasteiger charge is -2.16. The number of fused-ring (bicyclic) bond motifs is 1. The Morgan fingerprint density at radius 2 is 2.10 bits per heavy atom. The fourth-order valence-electron chi connectivity index (χ4n) is 1.95. The van der Waals surface area contributed by atoms with Crippen LogP contribution in [0.15, 0.2) is 24.4 Å². The van der Waals surface area contributed by atoms with Crippen LogP contribution in [0.5, 0.6) is 0 Å². The lowest BCUT2D eigenvalue weighted by atomic mass is 10.1. The van der Waals surface area contributed by atoms with Gasteiger partial charge < -0.3 is 15.2 Å². The molecule has 6 nitrogen and oxygen atoms in total. The van der Waals surface area contributed by atoms with Gasteiger partial charge in [0, 0.05) is 42.8 Å². The summed E-state index contributed by atoms with van der Waals surface area (Å²) in [6.45, 7) is 0.603. The first-order valence-electron chi connectivity index (χ1n) is 6.58. The molecule has 5 N–H and O–H groups in total. The van der Waals surface area contributed by atoms with Crippen LogP contribution >= 0.6 is 11.6 Å². The maximum absolute atomic E-state index is 7.72. The first kappa shape index (κ1) is 15.2. The highest BCUT2D eigenvalue weighted by Gasteiger charge is 2.05. The van der Waals surface area contributed by atoms with E-state index >= 15 is 0 Å². The Bertz CT molecular complexity index is 661. The number of aromatic nitrogens is 1. The number of nitrogens with one attached hydrogen (secondary N) is 5. The summed E-state index contributed by atoms with van der Waals surface area (Å²) in [5, 5.41) is 22.7. The summed E-state index contributed by atoms with van der Waals surface area (Å²) in [5.74, 6) is 0.290. The van der Waals surface area contributed by atoms with Crippen molar-refractivity contribution in [3.8, 4) is 0 Å². The van der Waals surface area contributed by atoms with Crippen LogP contribution in [0.2, 0.25) is 5.02 Å². The van der Waals surface area contributed by atoms with E-state index in [4.69, 9.17) is 22.4 Å². The van der Waals surface area contributed by atoms with Crippen molar-refractivity contribution in [1.82, 2.24) is 20.5 Å². The van der Waals surface area contributed by atoms with Gasteiger partial charge in [-0.25, -0.2) is 0 Å². The zero-order valence-electron chi connectivity index (χ0n) is 12.0. The van der Waals surface area contributed by atoms with Crippen molar-refractivity contribution in [1.29, 1.82) is 10.8 Å². The summed E-state index contributed by atoms with van der Waals surface area (Å²) < 4.78 is 0. The second-order valence-electron chi connectivity index (χ2n) is 4.92. The van der Waals surface area contributed by atoms with E-state index in [1.54, 1.807) is 19.0 Å².